The van der Waals surface area contributed by atoms with Crippen molar-refractivity contribution in [1.82, 2.24) is 0 Å². The van der Waals surface area contributed by atoms with Crippen LogP contribution in [0.3, 0.4) is 0 Å². The largest absolute Gasteiger partial charge is 0.381 e. The molecule has 0 N–H and O–H groups in total. The lowest BCUT2D eigenvalue weighted by Crippen LogP contribution is -2.45. The number of methoxy groups -OCH3 is 1. The minimum absolute atomic E-state index is 0.486. The maximum atomic E-state index is 5.79. The second-order valence-electron chi connectivity index (χ2n) is 12.8. The molecule has 0 heterocycles. The van der Waals surface area contributed by atoms with E-state index < -0.39 is 0 Å². The van der Waals surface area contributed by atoms with Gasteiger partial charge in [0.15, 0.2) is 0 Å². The van der Waals surface area contributed by atoms with E-state index in [1.807, 2.05) is 18.3 Å². The Bertz CT molecular complexity index is 647. The molecule has 4 rings (SSSR count). The van der Waals surface area contributed by atoms with Crippen molar-refractivity contribution in [2.45, 2.75) is 118 Å². The molecule has 0 spiro atoms. The van der Waals surface area contributed by atoms with Crippen LogP contribution in [-0.2, 0) is 4.74 Å². The molecule has 172 valence electrons. The van der Waals surface area contributed by atoms with Gasteiger partial charge in [-0.1, -0.05) is 65.5 Å². The fraction of sp³-hybridized carbons (Fsp3) is 0.931. The SMILES string of the molecule is CO[C@H]1CC[C@]2(C)C3=C(CC[C@H]2C1)[C@@H]1CC[C@H]([C@H](C)CC[C@@H](C)C(C)C)[C@@]1(C)CC3. The fourth-order valence-electron chi connectivity index (χ4n) is 8.67. The minimum atomic E-state index is 0.486. The van der Waals surface area contributed by atoms with Crippen LogP contribution in [-0.4, -0.2) is 13.2 Å². The van der Waals surface area contributed by atoms with Crippen molar-refractivity contribution in [3.63, 3.8) is 0 Å². The Morgan fingerprint density at radius 2 is 1.70 bits per heavy atom. The van der Waals surface area contributed by atoms with Gasteiger partial charge in [-0.2, -0.15) is 0 Å². The molecular weight excluding hydrogens is 364 g/mol. The summed E-state index contributed by atoms with van der Waals surface area (Å²) in [4.78, 5) is 0. The van der Waals surface area contributed by atoms with Crippen LogP contribution in [0.2, 0.25) is 0 Å². The molecule has 30 heavy (non-hydrogen) atoms. The van der Waals surface area contributed by atoms with Crippen LogP contribution >= 0.6 is 0 Å². The maximum Gasteiger partial charge on any atom is 0.0574 e. The lowest BCUT2D eigenvalue weighted by molar-refractivity contribution is -0.00949. The standard InChI is InChI=1S/C29H50O/c1-19(2)20(3)8-9-21(4)25-12-13-26-24-11-10-22-18-23(30-7)14-16-28(22,5)27(24)15-17-29(25,26)6/h19-23,25-26H,8-18H2,1-7H3/t20-,21-,22+,23+,25-,26+,28+,29-/m1/s1. The van der Waals surface area contributed by atoms with Gasteiger partial charge in [0, 0.05) is 7.11 Å². The van der Waals surface area contributed by atoms with Crippen molar-refractivity contribution in [2.75, 3.05) is 7.11 Å². The summed E-state index contributed by atoms with van der Waals surface area (Å²) in [5, 5.41) is 0. The number of allylic oxidation sites excluding steroid dienone is 2. The highest BCUT2D eigenvalue weighted by atomic mass is 16.5. The molecule has 0 bridgehead atoms. The Kier molecular flexibility index (Phi) is 6.53. The summed E-state index contributed by atoms with van der Waals surface area (Å²) in [5.74, 6) is 5.31. The number of rotatable bonds is 6. The molecule has 2 saturated carbocycles. The topological polar surface area (TPSA) is 9.23 Å². The van der Waals surface area contributed by atoms with Gasteiger partial charge in [-0.05, 0) is 104 Å². The van der Waals surface area contributed by atoms with E-state index in [-0.39, 0.29) is 0 Å². The monoisotopic (exact) mass is 414 g/mol. The Morgan fingerprint density at radius 3 is 2.40 bits per heavy atom. The summed E-state index contributed by atoms with van der Waals surface area (Å²) in [6, 6.07) is 0. The first-order valence-electron chi connectivity index (χ1n) is 13.5. The highest BCUT2D eigenvalue weighted by Gasteiger charge is 2.55. The molecule has 0 saturated heterocycles. The number of hydrogen-bond acceptors (Lipinski definition) is 1. The zero-order chi connectivity index (χ0) is 21.7. The van der Waals surface area contributed by atoms with Crippen LogP contribution in [0, 0.1) is 46.3 Å². The summed E-state index contributed by atoms with van der Waals surface area (Å²) in [6.45, 7) is 15.2. The zero-order valence-electron chi connectivity index (χ0n) is 21.2. The minimum Gasteiger partial charge on any atom is -0.381 e. The molecular formula is C29H50O. The fourth-order valence-corrected chi connectivity index (χ4v) is 8.67. The highest BCUT2D eigenvalue weighted by molar-refractivity contribution is 5.34. The first-order valence-corrected chi connectivity index (χ1v) is 13.5. The first-order chi connectivity index (χ1) is 14.2. The Morgan fingerprint density at radius 1 is 0.933 bits per heavy atom. The zero-order valence-corrected chi connectivity index (χ0v) is 21.2. The predicted octanol–water partition coefficient (Wildman–Crippen LogP) is 8.43. The third kappa shape index (κ3) is 3.74. The molecule has 0 radical (unpaired) electrons. The maximum absolute atomic E-state index is 5.79. The lowest BCUT2D eigenvalue weighted by Gasteiger charge is -2.55. The smallest absolute Gasteiger partial charge is 0.0574 e. The van der Waals surface area contributed by atoms with Gasteiger partial charge in [-0.3, -0.25) is 0 Å². The van der Waals surface area contributed by atoms with Crippen LogP contribution in [0.5, 0.6) is 0 Å². The lowest BCUT2D eigenvalue weighted by atomic mass is 9.50. The van der Waals surface area contributed by atoms with Gasteiger partial charge < -0.3 is 4.74 Å². The molecule has 0 aromatic rings. The number of fused-ring (bicyclic) bond motifs is 4. The molecule has 1 nitrogen and oxygen atoms in total. The van der Waals surface area contributed by atoms with Crippen LogP contribution in [0.1, 0.15) is 112 Å². The summed E-state index contributed by atoms with van der Waals surface area (Å²) in [6.07, 6.45) is 16.0. The third-order valence-electron chi connectivity index (χ3n) is 11.3. The van der Waals surface area contributed by atoms with Crippen molar-refractivity contribution in [2.24, 2.45) is 46.3 Å². The second kappa shape index (κ2) is 8.57. The van der Waals surface area contributed by atoms with Gasteiger partial charge in [0.1, 0.15) is 0 Å². The third-order valence-corrected chi connectivity index (χ3v) is 11.3. The van der Waals surface area contributed by atoms with E-state index in [0.717, 1.165) is 35.5 Å². The van der Waals surface area contributed by atoms with E-state index in [4.69, 9.17) is 4.74 Å². The van der Waals surface area contributed by atoms with Crippen molar-refractivity contribution in [1.29, 1.82) is 0 Å². The Balaban J connectivity index is 1.51. The van der Waals surface area contributed by atoms with E-state index in [9.17, 15) is 0 Å². The van der Waals surface area contributed by atoms with Crippen molar-refractivity contribution < 1.29 is 4.74 Å². The van der Waals surface area contributed by atoms with Crippen LogP contribution < -0.4 is 0 Å². The quantitative estimate of drug-likeness (QED) is 0.396. The van der Waals surface area contributed by atoms with Crippen molar-refractivity contribution in [3.8, 4) is 0 Å². The number of hydrogen-bond donors (Lipinski definition) is 0. The predicted molar refractivity (Wildman–Crippen MR) is 128 cm³/mol. The molecule has 0 aromatic carbocycles. The van der Waals surface area contributed by atoms with Gasteiger partial charge >= 0.3 is 0 Å². The van der Waals surface area contributed by atoms with E-state index >= 15 is 0 Å². The van der Waals surface area contributed by atoms with E-state index in [0.29, 0.717) is 16.9 Å². The van der Waals surface area contributed by atoms with Gasteiger partial charge in [0.05, 0.1) is 6.10 Å². The van der Waals surface area contributed by atoms with Gasteiger partial charge in [-0.25, -0.2) is 0 Å². The molecule has 1 heteroatoms. The molecule has 4 aliphatic rings. The van der Waals surface area contributed by atoms with Crippen molar-refractivity contribution in [3.05, 3.63) is 11.1 Å². The van der Waals surface area contributed by atoms with E-state index in [2.05, 4.69) is 41.5 Å². The molecule has 8 atom stereocenters. The van der Waals surface area contributed by atoms with E-state index in [1.165, 1.54) is 70.6 Å². The summed E-state index contributed by atoms with van der Waals surface area (Å²) < 4.78 is 5.79. The molecule has 0 unspecified atom stereocenters. The molecule has 0 aliphatic heterocycles. The normalized spacial score (nSPS) is 43.2. The van der Waals surface area contributed by atoms with Gasteiger partial charge in [0.25, 0.3) is 0 Å². The van der Waals surface area contributed by atoms with Gasteiger partial charge in [0.2, 0.25) is 0 Å². The number of ether oxygens (including phenoxy) is 1. The van der Waals surface area contributed by atoms with Gasteiger partial charge in [-0.15, -0.1) is 0 Å². The summed E-state index contributed by atoms with van der Waals surface area (Å²) >= 11 is 0. The second-order valence-corrected chi connectivity index (χ2v) is 12.8. The average Bonchev–Trinajstić information content (AvgIpc) is 3.08. The summed E-state index contributed by atoms with van der Waals surface area (Å²) in [7, 11) is 1.93. The first kappa shape index (κ1) is 22.9. The van der Waals surface area contributed by atoms with Crippen LogP contribution in [0.25, 0.3) is 0 Å². The van der Waals surface area contributed by atoms with Crippen LogP contribution in [0.4, 0.5) is 0 Å². The van der Waals surface area contributed by atoms with E-state index in [1.54, 1.807) is 0 Å². The molecule has 2 fully saturated rings. The van der Waals surface area contributed by atoms with Crippen molar-refractivity contribution >= 4 is 0 Å². The average molecular weight is 415 g/mol. The highest BCUT2D eigenvalue weighted by Crippen LogP contribution is 2.66. The molecule has 0 amide bonds. The Labute approximate surface area is 187 Å². The molecule has 0 aromatic heterocycles. The van der Waals surface area contributed by atoms with Crippen LogP contribution in [0.15, 0.2) is 11.1 Å². The Hall–Kier alpha value is -0.300. The molecule has 4 aliphatic carbocycles. The summed E-state index contributed by atoms with van der Waals surface area (Å²) in [5.41, 5.74) is 4.97.